The van der Waals surface area contributed by atoms with Crippen LogP contribution in [0.3, 0.4) is 0 Å². The van der Waals surface area contributed by atoms with Gasteiger partial charge in [0.25, 0.3) is 0 Å². The molecule has 1 unspecified atom stereocenters. The minimum Gasteiger partial charge on any atom is -0.300 e. The lowest BCUT2D eigenvalue weighted by molar-refractivity contribution is 0.0890. The van der Waals surface area contributed by atoms with E-state index in [2.05, 4.69) is 0 Å². The van der Waals surface area contributed by atoms with Crippen LogP contribution in [0, 0.1) is 0 Å². The van der Waals surface area contributed by atoms with Crippen LogP contribution in [0.2, 0.25) is 10.0 Å². The lowest BCUT2D eigenvalue weighted by Gasteiger charge is -2.18. The molecule has 0 aliphatic carbocycles. The highest BCUT2D eigenvalue weighted by Crippen LogP contribution is 2.23. The zero-order valence-electron chi connectivity index (χ0n) is 8.92. The number of benzene rings is 1. The van der Waals surface area contributed by atoms with Crippen molar-refractivity contribution in [2.45, 2.75) is 13.0 Å². The summed E-state index contributed by atoms with van der Waals surface area (Å²) in [5.41, 5.74) is 0.589. The van der Waals surface area contributed by atoms with Gasteiger partial charge in [0.05, 0.1) is 16.1 Å². The number of carbonyl (C=O) groups is 1. The molecule has 82 valence electrons. The second-order valence-corrected chi connectivity index (χ2v) is 4.45. The monoisotopic (exact) mass is 245 g/mol. The summed E-state index contributed by atoms with van der Waals surface area (Å²) >= 11 is 11.6. The zero-order chi connectivity index (χ0) is 11.6. The van der Waals surface area contributed by atoms with E-state index in [-0.39, 0.29) is 11.8 Å². The highest BCUT2D eigenvalue weighted by molar-refractivity contribution is 6.42. The third kappa shape index (κ3) is 2.94. The van der Waals surface area contributed by atoms with Gasteiger partial charge in [-0.3, -0.25) is 9.69 Å². The molecular weight excluding hydrogens is 233 g/mol. The van der Waals surface area contributed by atoms with Crippen molar-refractivity contribution in [2.24, 2.45) is 0 Å². The van der Waals surface area contributed by atoms with E-state index < -0.39 is 0 Å². The highest BCUT2D eigenvalue weighted by atomic mass is 35.5. The molecule has 15 heavy (non-hydrogen) atoms. The fourth-order valence-corrected chi connectivity index (χ4v) is 1.42. The van der Waals surface area contributed by atoms with Crippen molar-refractivity contribution in [3.05, 3.63) is 33.8 Å². The topological polar surface area (TPSA) is 20.3 Å². The van der Waals surface area contributed by atoms with E-state index in [0.29, 0.717) is 15.6 Å². The van der Waals surface area contributed by atoms with E-state index in [9.17, 15) is 4.79 Å². The Morgan fingerprint density at radius 3 is 2.33 bits per heavy atom. The van der Waals surface area contributed by atoms with Crippen molar-refractivity contribution in [3.63, 3.8) is 0 Å². The Labute approximate surface area is 99.8 Å². The predicted octanol–water partition coefficient (Wildman–Crippen LogP) is 3.13. The molecule has 0 aliphatic rings. The smallest absolute Gasteiger partial charge is 0.179 e. The van der Waals surface area contributed by atoms with Crippen molar-refractivity contribution in [2.75, 3.05) is 14.1 Å². The van der Waals surface area contributed by atoms with Gasteiger partial charge in [0, 0.05) is 5.56 Å². The number of likely N-dealkylation sites (N-methyl/N-ethyl adjacent to an activating group) is 1. The number of Topliss-reactive ketones (excluding diaryl/α,β-unsaturated/α-hetero) is 1. The Morgan fingerprint density at radius 1 is 1.27 bits per heavy atom. The van der Waals surface area contributed by atoms with Crippen molar-refractivity contribution in [3.8, 4) is 0 Å². The van der Waals surface area contributed by atoms with Gasteiger partial charge < -0.3 is 0 Å². The minimum atomic E-state index is -0.165. The summed E-state index contributed by atoms with van der Waals surface area (Å²) in [4.78, 5) is 13.8. The molecule has 0 fully saturated rings. The first kappa shape index (κ1) is 12.5. The summed E-state index contributed by atoms with van der Waals surface area (Å²) in [6.45, 7) is 1.85. The summed E-state index contributed by atoms with van der Waals surface area (Å²) in [5, 5.41) is 0.874. The largest absolute Gasteiger partial charge is 0.300 e. The Kier molecular flexibility index (Phi) is 4.14. The van der Waals surface area contributed by atoms with Crippen LogP contribution in [0.1, 0.15) is 17.3 Å². The number of hydrogen-bond acceptors (Lipinski definition) is 2. The van der Waals surface area contributed by atoms with E-state index in [1.54, 1.807) is 18.2 Å². The Hall–Kier alpha value is -0.570. The molecule has 0 amide bonds. The van der Waals surface area contributed by atoms with Crippen molar-refractivity contribution >= 4 is 29.0 Å². The van der Waals surface area contributed by atoms with Gasteiger partial charge in [-0.05, 0) is 39.2 Å². The molecule has 0 radical (unpaired) electrons. The van der Waals surface area contributed by atoms with Gasteiger partial charge in [0.1, 0.15) is 0 Å². The standard InChI is InChI=1S/C11H13Cl2NO/c1-7(14(2)3)11(15)8-4-5-9(12)10(13)6-8/h4-7H,1-3H3. The van der Waals surface area contributed by atoms with Crippen LogP contribution in [0.5, 0.6) is 0 Å². The Bertz CT molecular complexity index is 377. The molecule has 1 atom stereocenters. The number of ketones is 1. The van der Waals surface area contributed by atoms with Gasteiger partial charge >= 0.3 is 0 Å². The van der Waals surface area contributed by atoms with Crippen molar-refractivity contribution in [1.29, 1.82) is 0 Å². The highest BCUT2D eigenvalue weighted by Gasteiger charge is 2.17. The first-order valence-electron chi connectivity index (χ1n) is 4.59. The number of carbonyl (C=O) groups excluding carboxylic acids is 1. The van der Waals surface area contributed by atoms with E-state index in [1.807, 2.05) is 25.9 Å². The summed E-state index contributed by atoms with van der Waals surface area (Å²) < 4.78 is 0. The van der Waals surface area contributed by atoms with Crippen LogP contribution >= 0.6 is 23.2 Å². The van der Waals surface area contributed by atoms with Gasteiger partial charge in [-0.15, -0.1) is 0 Å². The molecule has 2 nitrogen and oxygen atoms in total. The zero-order valence-corrected chi connectivity index (χ0v) is 10.4. The summed E-state index contributed by atoms with van der Waals surface area (Å²) in [6, 6.07) is 4.77. The van der Waals surface area contributed by atoms with Crippen LogP contribution < -0.4 is 0 Å². The molecule has 0 bridgehead atoms. The molecule has 1 aromatic carbocycles. The first-order chi connectivity index (χ1) is 6.93. The fourth-order valence-electron chi connectivity index (χ4n) is 1.13. The lowest BCUT2D eigenvalue weighted by atomic mass is 10.1. The van der Waals surface area contributed by atoms with Crippen molar-refractivity contribution < 1.29 is 4.79 Å². The Morgan fingerprint density at radius 2 is 1.87 bits per heavy atom. The summed E-state index contributed by atoms with van der Waals surface area (Å²) in [5.74, 6) is 0.0403. The van der Waals surface area contributed by atoms with E-state index in [1.165, 1.54) is 0 Å². The van der Waals surface area contributed by atoms with E-state index >= 15 is 0 Å². The van der Waals surface area contributed by atoms with Crippen LogP contribution in [0.25, 0.3) is 0 Å². The lowest BCUT2D eigenvalue weighted by Crippen LogP contribution is -2.32. The Balaban J connectivity index is 2.97. The SMILES string of the molecule is CC(C(=O)c1ccc(Cl)c(Cl)c1)N(C)C. The van der Waals surface area contributed by atoms with E-state index in [4.69, 9.17) is 23.2 Å². The molecule has 0 saturated heterocycles. The quantitative estimate of drug-likeness (QED) is 0.763. The number of halogens is 2. The molecule has 0 saturated carbocycles. The number of nitrogens with zero attached hydrogens (tertiary/aromatic N) is 1. The molecule has 1 rings (SSSR count). The van der Waals surface area contributed by atoms with Crippen molar-refractivity contribution in [1.82, 2.24) is 4.90 Å². The normalized spacial score (nSPS) is 12.9. The second-order valence-electron chi connectivity index (χ2n) is 3.63. The number of hydrogen-bond donors (Lipinski definition) is 0. The molecule has 0 heterocycles. The third-order valence-corrected chi connectivity index (χ3v) is 3.10. The van der Waals surface area contributed by atoms with Crippen LogP contribution in [0.15, 0.2) is 18.2 Å². The van der Waals surface area contributed by atoms with Crippen LogP contribution in [-0.4, -0.2) is 30.8 Å². The molecule has 0 aliphatic heterocycles. The first-order valence-corrected chi connectivity index (χ1v) is 5.34. The van der Waals surface area contributed by atoms with Gasteiger partial charge in [-0.25, -0.2) is 0 Å². The predicted molar refractivity (Wildman–Crippen MR) is 63.9 cm³/mol. The molecule has 0 spiro atoms. The van der Waals surface area contributed by atoms with Gasteiger partial charge in [-0.2, -0.15) is 0 Å². The molecular formula is C11H13Cl2NO. The van der Waals surface area contributed by atoms with Gasteiger partial charge in [0.2, 0.25) is 0 Å². The average Bonchev–Trinajstić information content (AvgIpc) is 2.19. The van der Waals surface area contributed by atoms with Gasteiger partial charge in [0.15, 0.2) is 5.78 Å². The molecule has 0 aromatic heterocycles. The van der Waals surface area contributed by atoms with Gasteiger partial charge in [-0.1, -0.05) is 23.2 Å². The average molecular weight is 246 g/mol. The molecule has 0 N–H and O–H groups in total. The fraction of sp³-hybridized carbons (Fsp3) is 0.364. The third-order valence-electron chi connectivity index (χ3n) is 2.36. The van der Waals surface area contributed by atoms with Crippen LogP contribution in [0.4, 0.5) is 0 Å². The number of rotatable bonds is 3. The summed E-state index contributed by atoms with van der Waals surface area (Å²) in [7, 11) is 3.72. The molecule has 4 heteroatoms. The minimum absolute atomic E-state index is 0.0403. The van der Waals surface area contributed by atoms with Crippen LogP contribution in [-0.2, 0) is 0 Å². The molecule has 1 aromatic rings. The maximum atomic E-state index is 11.9. The summed E-state index contributed by atoms with van der Waals surface area (Å²) in [6.07, 6.45) is 0. The maximum Gasteiger partial charge on any atom is 0.179 e. The maximum absolute atomic E-state index is 11.9. The second kappa shape index (κ2) is 4.97. The van der Waals surface area contributed by atoms with E-state index in [0.717, 1.165) is 0 Å².